The Balaban J connectivity index is 1.58. The van der Waals surface area contributed by atoms with Gasteiger partial charge in [-0.1, -0.05) is 6.92 Å². The molecule has 7 nitrogen and oxygen atoms in total. The number of likely N-dealkylation sites (tertiary alicyclic amines) is 1. The second-order valence-electron chi connectivity index (χ2n) is 11.1. The first kappa shape index (κ1) is 20.7. The smallest absolute Gasteiger partial charge is 0.165 e. The van der Waals surface area contributed by atoms with Gasteiger partial charge in [0, 0.05) is 70.4 Å². The number of carbonyl (C=O) groups excluding carboxylic acids is 2. The van der Waals surface area contributed by atoms with E-state index in [0.29, 0.717) is 26.0 Å². The van der Waals surface area contributed by atoms with Crippen LogP contribution in [0.4, 0.5) is 0 Å². The first-order valence-electron chi connectivity index (χ1n) is 11.9. The SMILES string of the molecule is CCN1C[C@]2(COC)C(=O)CC[C@]34C1[C@H]([C@H](OC)[C@H]23)[C@@]1(O)C[C@H](OC)C(=O)[C@H]2C[C@@H]4[C@H]21. The highest BCUT2D eigenvalue weighted by molar-refractivity contribution is 5.90. The monoisotopic (exact) mass is 433 g/mol. The fourth-order valence-corrected chi connectivity index (χ4v) is 10.1. The first-order valence-corrected chi connectivity index (χ1v) is 11.9. The molecule has 1 saturated heterocycles. The van der Waals surface area contributed by atoms with Gasteiger partial charge in [0.2, 0.25) is 0 Å². The van der Waals surface area contributed by atoms with Crippen molar-refractivity contribution in [2.75, 3.05) is 41.0 Å². The van der Waals surface area contributed by atoms with E-state index in [-0.39, 0.29) is 58.7 Å². The molecule has 0 radical (unpaired) electrons. The lowest BCUT2D eigenvalue weighted by Gasteiger charge is -2.73. The van der Waals surface area contributed by atoms with Gasteiger partial charge >= 0.3 is 0 Å². The summed E-state index contributed by atoms with van der Waals surface area (Å²) in [6.07, 6.45) is 1.78. The van der Waals surface area contributed by atoms with Crippen LogP contribution in [0.2, 0.25) is 0 Å². The second-order valence-corrected chi connectivity index (χ2v) is 11.1. The average molecular weight is 434 g/mol. The minimum absolute atomic E-state index is 0.0284. The third kappa shape index (κ3) is 2.02. The maximum Gasteiger partial charge on any atom is 0.165 e. The van der Waals surface area contributed by atoms with E-state index in [1.165, 1.54) is 0 Å². The molecule has 172 valence electrons. The highest BCUT2D eigenvalue weighted by Crippen LogP contribution is 2.79. The van der Waals surface area contributed by atoms with Crippen molar-refractivity contribution >= 4 is 11.6 Å². The Bertz CT molecular complexity index is 833. The molecule has 11 atom stereocenters. The van der Waals surface area contributed by atoms with Gasteiger partial charge in [0.1, 0.15) is 11.9 Å². The fraction of sp³-hybridized carbons (Fsp3) is 0.917. The number of Topliss-reactive ketones (excluding diaryl/α,β-unsaturated/α-hetero) is 2. The van der Waals surface area contributed by atoms with E-state index in [2.05, 4.69) is 11.8 Å². The molecule has 5 aliphatic carbocycles. The van der Waals surface area contributed by atoms with Crippen LogP contribution in [0.25, 0.3) is 0 Å². The van der Waals surface area contributed by atoms with Gasteiger partial charge in [-0.2, -0.15) is 0 Å². The lowest BCUT2D eigenvalue weighted by molar-refractivity contribution is -0.282. The molecule has 1 N–H and O–H groups in total. The van der Waals surface area contributed by atoms with E-state index in [4.69, 9.17) is 14.2 Å². The Labute approximate surface area is 183 Å². The zero-order valence-corrected chi connectivity index (χ0v) is 19.0. The van der Waals surface area contributed by atoms with Crippen molar-refractivity contribution in [3.63, 3.8) is 0 Å². The van der Waals surface area contributed by atoms with Crippen molar-refractivity contribution in [2.45, 2.75) is 56.5 Å². The van der Waals surface area contributed by atoms with Crippen LogP contribution in [0.3, 0.4) is 0 Å². The van der Waals surface area contributed by atoms with E-state index in [1.807, 2.05) is 0 Å². The Morgan fingerprint density at radius 3 is 2.58 bits per heavy atom. The Hall–Kier alpha value is -0.860. The van der Waals surface area contributed by atoms with Gasteiger partial charge in [-0.15, -0.1) is 0 Å². The van der Waals surface area contributed by atoms with Gasteiger partial charge in [0.15, 0.2) is 5.78 Å². The average Bonchev–Trinajstić information content (AvgIpc) is 2.91. The summed E-state index contributed by atoms with van der Waals surface area (Å²) in [6, 6.07) is 0.170. The van der Waals surface area contributed by atoms with Crippen molar-refractivity contribution in [2.24, 2.45) is 40.4 Å². The van der Waals surface area contributed by atoms with Crippen molar-refractivity contribution in [1.82, 2.24) is 4.90 Å². The minimum atomic E-state index is -1.00. The third-order valence-corrected chi connectivity index (χ3v) is 10.7. The molecule has 7 heteroatoms. The number of methoxy groups -OCH3 is 3. The highest BCUT2D eigenvalue weighted by Gasteiger charge is 2.86. The Kier molecular flexibility index (Phi) is 4.27. The van der Waals surface area contributed by atoms with Crippen LogP contribution in [0, 0.1) is 40.4 Å². The summed E-state index contributed by atoms with van der Waals surface area (Å²) >= 11 is 0. The predicted octanol–water partition coefficient (Wildman–Crippen LogP) is 0.918. The van der Waals surface area contributed by atoms with Gasteiger partial charge in [-0.05, 0) is 30.7 Å². The molecule has 1 unspecified atom stereocenters. The van der Waals surface area contributed by atoms with Crippen LogP contribution in [-0.2, 0) is 23.8 Å². The van der Waals surface area contributed by atoms with Crippen molar-refractivity contribution in [3.8, 4) is 0 Å². The molecule has 6 aliphatic rings. The third-order valence-electron chi connectivity index (χ3n) is 10.7. The van der Waals surface area contributed by atoms with Crippen molar-refractivity contribution in [1.29, 1.82) is 0 Å². The number of ether oxygens (including phenoxy) is 3. The van der Waals surface area contributed by atoms with Gasteiger partial charge < -0.3 is 19.3 Å². The summed E-state index contributed by atoms with van der Waals surface area (Å²) < 4.78 is 17.5. The standard InChI is InChI=1S/C24H35NO6/c1-5-25-10-22(11-29-2)15(26)6-7-23-13-8-12-16(13)24(28,9-14(30-3)18(12)27)17(21(23)25)19(31-4)20(22)23/h12-14,16-17,19-21,28H,5-11H2,1-4H3/t12-,13+,14-,16-,17-,19-,20+,21?,22-,23+,24+/m0/s1. The topological polar surface area (TPSA) is 85.3 Å². The number of piperidine rings is 1. The van der Waals surface area contributed by atoms with E-state index >= 15 is 0 Å². The summed E-state index contributed by atoms with van der Waals surface area (Å²) in [5.41, 5.74) is -1.70. The molecule has 31 heavy (non-hydrogen) atoms. The van der Waals surface area contributed by atoms with Crippen LogP contribution in [0.5, 0.6) is 0 Å². The number of carbonyl (C=O) groups is 2. The van der Waals surface area contributed by atoms with Gasteiger partial charge in [0.25, 0.3) is 0 Å². The summed E-state index contributed by atoms with van der Waals surface area (Å²) in [7, 11) is 4.99. The molecule has 0 aromatic heterocycles. The van der Waals surface area contributed by atoms with Crippen LogP contribution < -0.4 is 0 Å². The molecule has 5 bridgehead atoms. The first-order chi connectivity index (χ1) is 14.9. The van der Waals surface area contributed by atoms with E-state index < -0.39 is 17.1 Å². The number of rotatable bonds is 5. The molecule has 6 fully saturated rings. The van der Waals surface area contributed by atoms with Crippen LogP contribution in [-0.4, -0.2) is 86.4 Å². The predicted molar refractivity (Wildman–Crippen MR) is 110 cm³/mol. The van der Waals surface area contributed by atoms with Crippen LogP contribution in [0.1, 0.15) is 32.6 Å². The lowest BCUT2D eigenvalue weighted by Crippen LogP contribution is -2.79. The minimum Gasteiger partial charge on any atom is -0.389 e. The molecule has 0 aromatic carbocycles. The number of nitrogens with zero attached hydrogens (tertiary/aromatic N) is 1. The molecule has 1 aliphatic heterocycles. The number of aliphatic hydroxyl groups is 1. The number of hydrogen-bond acceptors (Lipinski definition) is 7. The molecular weight excluding hydrogens is 398 g/mol. The van der Waals surface area contributed by atoms with Gasteiger partial charge in [-0.3, -0.25) is 14.5 Å². The summed E-state index contributed by atoms with van der Waals surface area (Å²) in [5, 5.41) is 12.4. The quantitative estimate of drug-likeness (QED) is 0.690. The largest absolute Gasteiger partial charge is 0.389 e. The van der Waals surface area contributed by atoms with Gasteiger partial charge in [0.05, 0.1) is 23.7 Å². The molecule has 5 saturated carbocycles. The molecule has 1 heterocycles. The summed E-state index contributed by atoms with van der Waals surface area (Å²) in [5.74, 6) is 0.424. The van der Waals surface area contributed by atoms with E-state index in [0.717, 1.165) is 19.4 Å². The number of fused-ring (bicyclic) bond motifs is 1. The van der Waals surface area contributed by atoms with Gasteiger partial charge in [-0.25, -0.2) is 0 Å². The maximum absolute atomic E-state index is 13.6. The zero-order chi connectivity index (χ0) is 21.9. The molecule has 6 rings (SSSR count). The molecule has 1 spiro atoms. The fourth-order valence-electron chi connectivity index (χ4n) is 10.1. The second kappa shape index (κ2) is 6.38. The van der Waals surface area contributed by atoms with Crippen molar-refractivity contribution in [3.05, 3.63) is 0 Å². The van der Waals surface area contributed by atoms with E-state index in [1.54, 1.807) is 21.3 Å². The molecule has 0 aromatic rings. The number of hydrogen-bond donors (Lipinski definition) is 1. The Morgan fingerprint density at radius 2 is 1.94 bits per heavy atom. The van der Waals surface area contributed by atoms with Crippen LogP contribution in [0.15, 0.2) is 0 Å². The summed E-state index contributed by atoms with van der Waals surface area (Å²) in [4.78, 5) is 29.1. The lowest BCUT2D eigenvalue weighted by atomic mass is 9.35. The van der Waals surface area contributed by atoms with E-state index in [9.17, 15) is 14.7 Å². The zero-order valence-electron chi connectivity index (χ0n) is 19.0. The Morgan fingerprint density at radius 1 is 1.16 bits per heavy atom. The highest BCUT2D eigenvalue weighted by atomic mass is 16.5. The summed E-state index contributed by atoms with van der Waals surface area (Å²) in [6.45, 7) is 4.05. The van der Waals surface area contributed by atoms with Crippen LogP contribution >= 0.6 is 0 Å². The normalized spacial score (nSPS) is 56.9. The molecular formula is C24H35NO6. The molecule has 0 amide bonds. The van der Waals surface area contributed by atoms with Crippen molar-refractivity contribution < 1.29 is 28.9 Å². The maximum atomic E-state index is 13.6. The number of ketones is 2.